The summed E-state index contributed by atoms with van der Waals surface area (Å²) in [6.45, 7) is 6.79. The van der Waals surface area contributed by atoms with Crippen molar-refractivity contribution in [2.45, 2.75) is 39.3 Å². The molecule has 0 radical (unpaired) electrons. The van der Waals surface area contributed by atoms with Gasteiger partial charge in [-0.3, -0.25) is 4.68 Å². The highest BCUT2D eigenvalue weighted by molar-refractivity contribution is 5.32. The molecule has 96 valence electrons. The van der Waals surface area contributed by atoms with Gasteiger partial charge in [-0.2, -0.15) is 5.10 Å². The molecule has 1 heterocycles. The minimum atomic E-state index is -0.854. The minimum absolute atomic E-state index is 0.581. The van der Waals surface area contributed by atoms with Gasteiger partial charge in [0.15, 0.2) is 0 Å². The molecule has 3 nitrogen and oxygen atoms in total. The van der Waals surface area contributed by atoms with Crippen molar-refractivity contribution in [3.63, 3.8) is 0 Å². The van der Waals surface area contributed by atoms with E-state index in [1.165, 1.54) is 0 Å². The van der Waals surface area contributed by atoms with Crippen molar-refractivity contribution in [3.05, 3.63) is 53.3 Å². The third-order valence-electron chi connectivity index (χ3n) is 3.28. The van der Waals surface area contributed by atoms with Gasteiger partial charge < -0.3 is 5.11 Å². The van der Waals surface area contributed by atoms with Crippen molar-refractivity contribution in [1.82, 2.24) is 9.78 Å². The monoisotopic (exact) mass is 244 g/mol. The lowest BCUT2D eigenvalue weighted by atomic mass is 9.87. The van der Waals surface area contributed by atoms with Gasteiger partial charge in [0.2, 0.25) is 0 Å². The van der Waals surface area contributed by atoms with Crippen LogP contribution in [0.2, 0.25) is 0 Å². The summed E-state index contributed by atoms with van der Waals surface area (Å²) in [5.74, 6) is 0. The van der Waals surface area contributed by atoms with Crippen molar-refractivity contribution in [3.8, 4) is 0 Å². The van der Waals surface area contributed by atoms with Crippen LogP contribution >= 0.6 is 0 Å². The van der Waals surface area contributed by atoms with Crippen molar-refractivity contribution < 1.29 is 5.11 Å². The number of aryl methyl sites for hydroxylation is 2. The summed E-state index contributed by atoms with van der Waals surface area (Å²) in [7, 11) is 0. The molecule has 1 aromatic carbocycles. The summed E-state index contributed by atoms with van der Waals surface area (Å²) in [5, 5.41) is 14.9. The Labute approximate surface area is 108 Å². The van der Waals surface area contributed by atoms with Crippen LogP contribution < -0.4 is 0 Å². The summed E-state index contributed by atoms with van der Waals surface area (Å²) >= 11 is 0. The number of benzene rings is 1. The van der Waals surface area contributed by atoms with Crippen LogP contribution in [0.3, 0.4) is 0 Å². The average Bonchev–Trinajstić information content (AvgIpc) is 2.76. The van der Waals surface area contributed by atoms with E-state index < -0.39 is 5.60 Å². The van der Waals surface area contributed by atoms with Gasteiger partial charge >= 0.3 is 0 Å². The van der Waals surface area contributed by atoms with E-state index in [1.54, 1.807) is 0 Å². The first-order chi connectivity index (χ1) is 8.53. The van der Waals surface area contributed by atoms with E-state index in [9.17, 15) is 5.11 Å². The topological polar surface area (TPSA) is 38.0 Å². The van der Waals surface area contributed by atoms with Gasteiger partial charge in [0.05, 0.1) is 11.8 Å². The molecule has 2 aromatic rings. The number of aromatic nitrogens is 2. The second-order valence-electron chi connectivity index (χ2n) is 4.97. The molecule has 1 unspecified atom stereocenters. The van der Waals surface area contributed by atoms with E-state index >= 15 is 0 Å². The number of rotatable bonds is 4. The molecule has 0 saturated carbocycles. The second-order valence-corrected chi connectivity index (χ2v) is 4.97. The minimum Gasteiger partial charge on any atom is -0.385 e. The van der Waals surface area contributed by atoms with Gasteiger partial charge in [-0.1, -0.05) is 24.3 Å². The smallest absolute Gasteiger partial charge is 0.0912 e. The summed E-state index contributed by atoms with van der Waals surface area (Å²) in [6, 6.07) is 7.97. The number of hydrogen-bond acceptors (Lipinski definition) is 2. The highest BCUT2D eigenvalue weighted by Gasteiger charge is 2.25. The molecule has 0 saturated heterocycles. The highest BCUT2D eigenvalue weighted by atomic mass is 16.3. The zero-order valence-corrected chi connectivity index (χ0v) is 11.2. The standard InChI is InChI=1S/C15H20N2O/c1-4-17-11-13(10-16-17)9-15(3,18)14-8-6-5-7-12(14)2/h5-8,10-11,18H,4,9H2,1-3H3. The Morgan fingerprint density at radius 1 is 1.33 bits per heavy atom. The molecule has 1 aromatic heterocycles. The Morgan fingerprint density at radius 2 is 2.06 bits per heavy atom. The SMILES string of the molecule is CCn1cc(CC(C)(O)c2ccccc2C)cn1. The van der Waals surface area contributed by atoms with Crippen molar-refractivity contribution >= 4 is 0 Å². The van der Waals surface area contributed by atoms with Crippen LogP contribution in [0, 0.1) is 6.92 Å². The Hall–Kier alpha value is -1.61. The molecule has 0 bridgehead atoms. The molecule has 1 N–H and O–H groups in total. The lowest BCUT2D eigenvalue weighted by Gasteiger charge is -2.25. The second kappa shape index (κ2) is 4.94. The van der Waals surface area contributed by atoms with E-state index in [4.69, 9.17) is 0 Å². The molecule has 1 atom stereocenters. The maximum Gasteiger partial charge on any atom is 0.0912 e. The molecule has 3 heteroatoms. The Bertz CT molecular complexity index is 529. The lowest BCUT2D eigenvalue weighted by Crippen LogP contribution is -2.25. The van der Waals surface area contributed by atoms with Gasteiger partial charge in [0, 0.05) is 19.2 Å². The first-order valence-corrected chi connectivity index (χ1v) is 6.33. The maximum atomic E-state index is 10.7. The third-order valence-corrected chi connectivity index (χ3v) is 3.28. The molecule has 0 amide bonds. The van der Waals surface area contributed by atoms with Gasteiger partial charge in [-0.15, -0.1) is 0 Å². The fourth-order valence-corrected chi connectivity index (χ4v) is 2.34. The molecule has 2 rings (SSSR count). The molecule has 18 heavy (non-hydrogen) atoms. The van der Waals surface area contributed by atoms with Gasteiger partial charge in [0.1, 0.15) is 0 Å². The molecule has 0 aliphatic carbocycles. The van der Waals surface area contributed by atoms with Crippen LogP contribution in [-0.4, -0.2) is 14.9 Å². The van der Waals surface area contributed by atoms with Gasteiger partial charge in [-0.25, -0.2) is 0 Å². The van der Waals surface area contributed by atoms with E-state index in [2.05, 4.69) is 12.0 Å². The quantitative estimate of drug-likeness (QED) is 0.898. The van der Waals surface area contributed by atoms with E-state index in [0.29, 0.717) is 6.42 Å². The van der Waals surface area contributed by atoms with Crippen LogP contribution in [0.4, 0.5) is 0 Å². The van der Waals surface area contributed by atoms with Crippen molar-refractivity contribution in [2.24, 2.45) is 0 Å². The fraction of sp³-hybridized carbons (Fsp3) is 0.400. The van der Waals surface area contributed by atoms with Gasteiger partial charge in [0.25, 0.3) is 0 Å². The average molecular weight is 244 g/mol. The van der Waals surface area contributed by atoms with E-state index in [1.807, 2.05) is 55.2 Å². The Balaban J connectivity index is 2.24. The number of nitrogens with zero attached hydrogens (tertiary/aromatic N) is 2. The molecule has 0 aliphatic rings. The summed E-state index contributed by atoms with van der Waals surface area (Å²) in [4.78, 5) is 0. The van der Waals surface area contributed by atoms with Crippen LogP contribution in [0.15, 0.2) is 36.7 Å². The van der Waals surface area contributed by atoms with Gasteiger partial charge in [-0.05, 0) is 37.5 Å². The van der Waals surface area contributed by atoms with Crippen LogP contribution in [0.1, 0.15) is 30.5 Å². The summed E-state index contributed by atoms with van der Waals surface area (Å²) < 4.78 is 1.88. The van der Waals surface area contributed by atoms with E-state index in [0.717, 1.165) is 23.2 Å². The summed E-state index contributed by atoms with van der Waals surface area (Å²) in [5.41, 5.74) is 2.30. The normalized spacial score (nSPS) is 14.4. The van der Waals surface area contributed by atoms with Crippen LogP contribution in [0.5, 0.6) is 0 Å². The van der Waals surface area contributed by atoms with Crippen molar-refractivity contribution in [2.75, 3.05) is 0 Å². The predicted octanol–water partition coefficient (Wildman–Crippen LogP) is 2.66. The molecular weight excluding hydrogens is 224 g/mol. The largest absolute Gasteiger partial charge is 0.385 e. The van der Waals surface area contributed by atoms with E-state index in [-0.39, 0.29) is 0 Å². The molecule has 0 spiro atoms. The van der Waals surface area contributed by atoms with Crippen molar-refractivity contribution in [1.29, 1.82) is 0 Å². The maximum absolute atomic E-state index is 10.7. The predicted molar refractivity (Wildman–Crippen MR) is 72.4 cm³/mol. The highest BCUT2D eigenvalue weighted by Crippen LogP contribution is 2.27. The Kier molecular flexibility index (Phi) is 3.53. The molecule has 0 aliphatic heterocycles. The van der Waals surface area contributed by atoms with Crippen LogP contribution in [-0.2, 0) is 18.6 Å². The number of hydrogen-bond donors (Lipinski definition) is 1. The third kappa shape index (κ3) is 2.62. The number of aliphatic hydroxyl groups is 1. The first-order valence-electron chi connectivity index (χ1n) is 6.33. The lowest BCUT2D eigenvalue weighted by molar-refractivity contribution is 0.0569. The Morgan fingerprint density at radius 3 is 2.67 bits per heavy atom. The molecule has 0 fully saturated rings. The first kappa shape index (κ1) is 12.8. The fourth-order valence-electron chi connectivity index (χ4n) is 2.34. The summed E-state index contributed by atoms with van der Waals surface area (Å²) in [6.07, 6.45) is 4.40. The zero-order chi connectivity index (χ0) is 13.2. The van der Waals surface area contributed by atoms with Crippen LogP contribution in [0.25, 0.3) is 0 Å². The molecular formula is C15H20N2O. The zero-order valence-electron chi connectivity index (χ0n) is 11.2.